The fourth-order valence-corrected chi connectivity index (χ4v) is 1.93. The Balaban J connectivity index is 1.88. The van der Waals surface area contributed by atoms with Crippen LogP contribution in [0.1, 0.15) is 11.1 Å². The van der Waals surface area contributed by atoms with E-state index in [4.69, 9.17) is 5.73 Å². The third-order valence-corrected chi connectivity index (χ3v) is 3.06. The van der Waals surface area contributed by atoms with Crippen molar-refractivity contribution >= 4 is 5.91 Å². The molecular weight excluding hydrogens is 272 g/mol. The molecule has 0 saturated heterocycles. The van der Waals surface area contributed by atoms with Crippen molar-refractivity contribution in [3.63, 3.8) is 0 Å². The molecule has 2 rings (SSSR count). The van der Waals surface area contributed by atoms with Gasteiger partial charge in [0.2, 0.25) is 5.91 Å². The van der Waals surface area contributed by atoms with Crippen molar-refractivity contribution in [1.29, 1.82) is 0 Å². The Morgan fingerprint density at radius 3 is 2.76 bits per heavy atom. The van der Waals surface area contributed by atoms with Gasteiger partial charge >= 0.3 is 0 Å². The minimum atomic E-state index is -0.731. The van der Waals surface area contributed by atoms with Crippen molar-refractivity contribution in [3.8, 4) is 11.5 Å². The van der Waals surface area contributed by atoms with E-state index in [1.165, 1.54) is 12.1 Å². The van der Waals surface area contributed by atoms with Crippen molar-refractivity contribution in [2.75, 3.05) is 0 Å². The number of phenolic OH excluding ortho intramolecular Hbond substituents is 2. The maximum absolute atomic E-state index is 11.9. The fraction of sp³-hybridized carbons (Fsp3) is 0.286. The van der Waals surface area contributed by atoms with Gasteiger partial charge in [-0.25, -0.2) is 0 Å². The van der Waals surface area contributed by atoms with Crippen molar-refractivity contribution in [2.45, 2.75) is 19.0 Å². The van der Waals surface area contributed by atoms with Crippen LogP contribution in [0.15, 0.2) is 30.6 Å². The molecule has 0 saturated carbocycles. The van der Waals surface area contributed by atoms with Gasteiger partial charge in [-0.1, -0.05) is 6.07 Å². The molecule has 21 heavy (non-hydrogen) atoms. The molecule has 0 spiro atoms. The Hall–Kier alpha value is -2.54. The average Bonchev–Trinajstić information content (AvgIpc) is 2.86. The molecule has 0 bridgehead atoms. The van der Waals surface area contributed by atoms with E-state index in [2.05, 4.69) is 10.4 Å². The van der Waals surface area contributed by atoms with Gasteiger partial charge in [0.25, 0.3) is 0 Å². The summed E-state index contributed by atoms with van der Waals surface area (Å²) in [6.45, 7) is 0.362. The minimum absolute atomic E-state index is 0.201. The van der Waals surface area contributed by atoms with E-state index in [-0.39, 0.29) is 23.8 Å². The zero-order valence-corrected chi connectivity index (χ0v) is 11.7. The molecule has 7 heteroatoms. The molecule has 1 aromatic carbocycles. The van der Waals surface area contributed by atoms with Crippen LogP contribution < -0.4 is 11.1 Å². The van der Waals surface area contributed by atoms with Crippen LogP contribution in [0.5, 0.6) is 11.5 Å². The molecule has 5 N–H and O–H groups in total. The van der Waals surface area contributed by atoms with Gasteiger partial charge in [0.05, 0.1) is 12.2 Å². The Morgan fingerprint density at radius 2 is 2.14 bits per heavy atom. The highest BCUT2D eigenvalue weighted by atomic mass is 16.3. The second kappa shape index (κ2) is 6.27. The summed E-state index contributed by atoms with van der Waals surface area (Å²) in [5, 5.41) is 25.4. The maximum atomic E-state index is 11.9. The molecule has 2 aromatic rings. The molecule has 1 amide bonds. The van der Waals surface area contributed by atoms with Gasteiger partial charge in [-0.3, -0.25) is 9.48 Å². The Bertz CT molecular complexity index is 639. The predicted octanol–water partition coefficient (Wildman–Crippen LogP) is 0.0175. The average molecular weight is 290 g/mol. The van der Waals surface area contributed by atoms with E-state index >= 15 is 0 Å². The third-order valence-electron chi connectivity index (χ3n) is 3.06. The standard InChI is InChI=1S/C14H18N4O3/c1-18-8-10(7-17-18)6-16-14(21)11(15)4-9-2-3-12(19)13(20)5-9/h2-3,5,7-8,11,19-20H,4,6,15H2,1H3,(H,16,21)/t11-/m0/s1. The van der Waals surface area contributed by atoms with Crippen LogP contribution in [0.25, 0.3) is 0 Å². The van der Waals surface area contributed by atoms with Gasteiger partial charge in [-0.05, 0) is 24.1 Å². The van der Waals surface area contributed by atoms with Gasteiger partial charge in [-0.15, -0.1) is 0 Å². The van der Waals surface area contributed by atoms with Crippen LogP contribution in [-0.2, 0) is 24.8 Å². The van der Waals surface area contributed by atoms with Crippen LogP contribution >= 0.6 is 0 Å². The van der Waals surface area contributed by atoms with Crippen molar-refractivity contribution in [2.24, 2.45) is 12.8 Å². The molecule has 0 aliphatic rings. The fourth-order valence-electron chi connectivity index (χ4n) is 1.93. The number of hydrogen-bond acceptors (Lipinski definition) is 5. The number of aryl methyl sites for hydroxylation is 1. The quantitative estimate of drug-likeness (QED) is 0.580. The van der Waals surface area contributed by atoms with Crippen molar-refractivity contribution < 1.29 is 15.0 Å². The van der Waals surface area contributed by atoms with Crippen LogP contribution in [0, 0.1) is 0 Å². The van der Waals surface area contributed by atoms with E-state index < -0.39 is 6.04 Å². The van der Waals surface area contributed by atoms with Crippen LogP contribution in [0.3, 0.4) is 0 Å². The zero-order chi connectivity index (χ0) is 15.4. The second-order valence-corrected chi connectivity index (χ2v) is 4.87. The highest BCUT2D eigenvalue weighted by Crippen LogP contribution is 2.25. The number of aromatic hydroxyl groups is 2. The molecule has 1 aromatic heterocycles. The predicted molar refractivity (Wildman–Crippen MR) is 76.5 cm³/mol. The lowest BCUT2D eigenvalue weighted by Crippen LogP contribution is -2.41. The number of nitrogens with one attached hydrogen (secondary N) is 1. The van der Waals surface area contributed by atoms with Crippen LogP contribution in [0.2, 0.25) is 0 Å². The first kappa shape index (κ1) is 14.9. The lowest BCUT2D eigenvalue weighted by molar-refractivity contribution is -0.122. The summed E-state index contributed by atoms with van der Waals surface area (Å²) in [4.78, 5) is 11.9. The van der Waals surface area contributed by atoms with Gasteiger partial charge in [-0.2, -0.15) is 5.10 Å². The monoisotopic (exact) mass is 290 g/mol. The first-order valence-electron chi connectivity index (χ1n) is 6.47. The summed E-state index contributed by atoms with van der Waals surface area (Å²) in [6, 6.07) is 3.64. The molecule has 0 radical (unpaired) electrons. The van der Waals surface area contributed by atoms with Crippen LogP contribution in [-0.4, -0.2) is 31.9 Å². The smallest absolute Gasteiger partial charge is 0.237 e. The molecule has 0 unspecified atom stereocenters. The number of nitrogens with two attached hydrogens (primary N) is 1. The number of phenols is 2. The highest BCUT2D eigenvalue weighted by molar-refractivity contribution is 5.81. The number of rotatable bonds is 5. The number of aromatic nitrogens is 2. The maximum Gasteiger partial charge on any atom is 0.237 e. The van der Waals surface area contributed by atoms with Gasteiger partial charge in [0.15, 0.2) is 11.5 Å². The van der Waals surface area contributed by atoms with E-state index in [1.54, 1.807) is 24.0 Å². The summed E-state index contributed by atoms with van der Waals surface area (Å²) in [7, 11) is 1.80. The Morgan fingerprint density at radius 1 is 1.38 bits per heavy atom. The number of carbonyl (C=O) groups excluding carboxylic acids is 1. The number of benzene rings is 1. The highest BCUT2D eigenvalue weighted by Gasteiger charge is 2.14. The van der Waals surface area contributed by atoms with E-state index in [9.17, 15) is 15.0 Å². The molecule has 112 valence electrons. The Kier molecular flexibility index (Phi) is 4.44. The van der Waals surface area contributed by atoms with Crippen molar-refractivity contribution in [3.05, 3.63) is 41.7 Å². The molecule has 0 fully saturated rings. The second-order valence-electron chi connectivity index (χ2n) is 4.87. The summed E-state index contributed by atoms with van der Waals surface area (Å²) in [5.74, 6) is -0.713. The first-order valence-corrected chi connectivity index (χ1v) is 6.47. The largest absolute Gasteiger partial charge is 0.504 e. The topological polar surface area (TPSA) is 113 Å². The first-order chi connectivity index (χ1) is 9.95. The summed E-state index contributed by atoms with van der Waals surface area (Å²) >= 11 is 0. The normalized spacial score (nSPS) is 12.1. The van der Waals surface area contributed by atoms with Gasteiger partial charge in [0.1, 0.15) is 0 Å². The lowest BCUT2D eigenvalue weighted by atomic mass is 10.1. The number of nitrogens with zero attached hydrogens (tertiary/aromatic N) is 2. The molecule has 7 nitrogen and oxygen atoms in total. The molecule has 0 aliphatic carbocycles. The Labute approximate surface area is 122 Å². The SMILES string of the molecule is Cn1cc(CNC(=O)[C@@H](N)Cc2ccc(O)c(O)c2)cn1. The zero-order valence-electron chi connectivity index (χ0n) is 11.7. The van der Waals surface area contributed by atoms with E-state index in [0.29, 0.717) is 12.1 Å². The molecule has 0 aliphatic heterocycles. The lowest BCUT2D eigenvalue weighted by Gasteiger charge is -2.12. The molecule has 1 heterocycles. The number of hydrogen-bond donors (Lipinski definition) is 4. The van der Waals surface area contributed by atoms with Gasteiger partial charge in [0, 0.05) is 25.4 Å². The van der Waals surface area contributed by atoms with Crippen LogP contribution in [0.4, 0.5) is 0 Å². The molecular formula is C14H18N4O3. The molecule has 1 atom stereocenters. The number of carbonyl (C=O) groups is 1. The van der Waals surface area contributed by atoms with Gasteiger partial charge < -0.3 is 21.3 Å². The summed E-state index contributed by atoms with van der Waals surface area (Å²) in [6.07, 6.45) is 3.75. The number of amides is 1. The van der Waals surface area contributed by atoms with E-state index in [0.717, 1.165) is 5.56 Å². The summed E-state index contributed by atoms with van der Waals surface area (Å²) < 4.78 is 1.65. The van der Waals surface area contributed by atoms with Crippen molar-refractivity contribution in [1.82, 2.24) is 15.1 Å². The summed E-state index contributed by atoms with van der Waals surface area (Å²) in [5.41, 5.74) is 7.39. The minimum Gasteiger partial charge on any atom is -0.504 e. The third kappa shape index (κ3) is 3.96. The van der Waals surface area contributed by atoms with E-state index in [1.807, 2.05) is 6.20 Å².